The fourth-order valence-corrected chi connectivity index (χ4v) is 3.35. The molecule has 134 valence electrons. The molecule has 0 fully saturated rings. The summed E-state index contributed by atoms with van der Waals surface area (Å²) >= 11 is 0. The van der Waals surface area contributed by atoms with E-state index >= 15 is 0 Å². The first-order valence-corrected chi connectivity index (χ1v) is 8.75. The van der Waals surface area contributed by atoms with Crippen molar-refractivity contribution in [2.45, 2.75) is 13.0 Å². The Kier molecular flexibility index (Phi) is 4.47. The minimum atomic E-state index is -0.459. The summed E-state index contributed by atoms with van der Waals surface area (Å²) in [5.74, 6) is -0.0474. The SMILES string of the molecule is CC(=O)c1cccc(OCC(=O)OC2c3ccccc3-c3ccccc32)c1. The molecule has 0 saturated carbocycles. The summed E-state index contributed by atoms with van der Waals surface area (Å²) in [4.78, 5) is 23.8. The quantitative estimate of drug-likeness (QED) is 0.495. The minimum Gasteiger partial charge on any atom is -0.482 e. The zero-order valence-corrected chi connectivity index (χ0v) is 14.8. The summed E-state index contributed by atoms with van der Waals surface area (Å²) < 4.78 is 11.3. The summed E-state index contributed by atoms with van der Waals surface area (Å²) in [5, 5.41) is 0. The average Bonchev–Trinajstić information content (AvgIpc) is 3.01. The van der Waals surface area contributed by atoms with Gasteiger partial charge in [0.15, 0.2) is 18.5 Å². The molecule has 3 aromatic carbocycles. The summed E-state index contributed by atoms with van der Waals surface area (Å²) in [7, 11) is 0. The zero-order valence-electron chi connectivity index (χ0n) is 14.8. The first-order chi connectivity index (χ1) is 13.1. The van der Waals surface area contributed by atoms with Gasteiger partial charge in [-0.25, -0.2) is 4.79 Å². The maximum atomic E-state index is 12.4. The van der Waals surface area contributed by atoms with Gasteiger partial charge >= 0.3 is 5.97 Å². The second kappa shape index (κ2) is 7.08. The van der Waals surface area contributed by atoms with E-state index in [0.717, 1.165) is 22.3 Å². The van der Waals surface area contributed by atoms with Gasteiger partial charge < -0.3 is 9.47 Å². The molecule has 1 aliphatic rings. The van der Waals surface area contributed by atoms with Gasteiger partial charge in [-0.05, 0) is 30.2 Å². The number of ether oxygens (including phenoxy) is 2. The molecule has 0 aromatic heterocycles. The molecule has 0 atom stereocenters. The highest BCUT2D eigenvalue weighted by Gasteiger charge is 2.31. The van der Waals surface area contributed by atoms with E-state index in [9.17, 15) is 9.59 Å². The molecule has 4 heteroatoms. The van der Waals surface area contributed by atoms with Crippen molar-refractivity contribution in [2.75, 3.05) is 6.61 Å². The molecular formula is C23H18O4. The van der Waals surface area contributed by atoms with Gasteiger partial charge in [0, 0.05) is 16.7 Å². The van der Waals surface area contributed by atoms with Crippen LogP contribution in [0.15, 0.2) is 72.8 Å². The molecule has 0 bridgehead atoms. The molecule has 3 aromatic rings. The molecule has 0 saturated heterocycles. The summed E-state index contributed by atoms with van der Waals surface area (Å²) in [6.45, 7) is 1.27. The van der Waals surface area contributed by atoms with Crippen molar-refractivity contribution in [3.05, 3.63) is 89.5 Å². The van der Waals surface area contributed by atoms with Gasteiger partial charge in [-0.2, -0.15) is 0 Å². The monoisotopic (exact) mass is 358 g/mol. The lowest BCUT2D eigenvalue weighted by atomic mass is 10.1. The number of hydrogen-bond donors (Lipinski definition) is 0. The predicted molar refractivity (Wildman–Crippen MR) is 102 cm³/mol. The highest BCUT2D eigenvalue weighted by atomic mass is 16.6. The molecule has 0 N–H and O–H groups in total. The molecular weight excluding hydrogens is 340 g/mol. The van der Waals surface area contributed by atoms with Crippen molar-refractivity contribution < 1.29 is 19.1 Å². The first-order valence-electron chi connectivity index (χ1n) is 8.75. The van der Waals surface area contributed by atoms with E-state index in [0.29, 0.717) is 11.3 Å². The van der Waals surface area contributed by atoms with Crippen molar-refractivity contribution in [3.63, 3.8) is 0 Å². The van der Waals surface area contributed by atoms with E-state index in [2.05, 4.69) is 0 Å². The maximum Gasteiger partial charge on any atom is 0.345 e. The summed E-state index contributed by atoms with van der Waals surface area (Å²) in [5.41, 5.74) is 4.66. The third-order valence-electron chi connectivity index (χ3n) is 4.62. The van der Waals surface area contributed by atoms with Crippen molar-refractivity contribution >= 4 is 11.8 Å². The van der Waals surface area contributed by atoms with Crippen LogP contribution in [0.25, 0.3) is 11.1 Å². The summed E-state index contributed by atoms with van der Waals surface area (Å²) in [6, 6.07) is 22.6. The normalized spacial score (nSPS) is 12.2. The third kappa shape index (κ3) is 3.34. The molecule has 4 nitrogen and oxygen atoms in total. The number of esters is 1. The number of rotatable bonds is 5. The largest absolute Gasteiger partial charge is 0.482 e. The molecule has 4 rings (SSSR count). The highest BCUT2D eigenvalue weighted by molar-refractivity contribution is 5.94. The van der Waals surface area contributed by atoms with Crippen LogP contribution in [0.4, 0.5) is 0 Å². The maximum absolute atomic E-state index is 12.4. The minimum absolute atomic E-state index is 0.0535. The molecule has 1 aliphatic carbocycles. The third-order valence-corrected chi connectivity index (χ3v) is 4.62. The molecule has 0 unspecified atom stereocenters. The molecule has 0 spiro atoms. The standard InChI is InChI=1S/C23H18O4/c1-15(24)16-7-6-8-17(13-16)26-14-22(25)27-23-20-11-4-2-9-18(20)19-10-3-5-12-21(19)23/h2-13,23H,14H2,1H3. The van der Waals surface area contributed by atoms with Gasteiger partial charge in [-0.1, -0.05) is 60.7 Å². The first kappa shape index (κ1) is 17.0. The van der Waals surface area contributed by atoms with Crippen LogP contribution in [0.3, 0.4) is 0 Å². The van der Waals surface area contributed by atoms with Crippen LogP contribution < -0.4 is 4.74 Å². The fraction of sp³-hybridized carbons (Fsp3) is 0.130. The van der Waals surface area contributed by atoms with Crippen LogP contribution in [0.2, 0.25) is 0 Å². The number of fused-ring (bicyclic) bond motifs is 3. The van der Waals surface area contributed by atoms with Gasteiger partial charge in [0.1, 0.15) is 5.75 Å². The smallest absolute Gasteiger partial charge is 0.345 e. The van der Waals surface area contributed by atoms with E-state index in [1.807, 2.05) is 48.5 Å². The van der Waals surface area contributed by atoms with Crippen LogP contribution >= 0.6 is 0 Å². The van der Waals surface area contributed by atoms with Gasteiger partial charge in [-0.15, -0.1) is 0 Å². The molecule has 27 heavy (non-hydrogen) atoms. The van der Waals surface area contributed by atoms with E-state index in [1.54, 1.807) is 24.3 Å². The Bertz CT molecular complexity index is 977. The molecule has 0 aliphatic heterocycles. The lowest BCUT2D eigenvalue weighted by Crippen LogP contribution is -2.18. The fourth-order valence-electron chi connectivity index (χ4n) is 3.35. The van der Waals surface area contributed by atoms with Crippen molar-refractivity contribution in [1.29, 1.82) is 0 Å². The Morgan fingerprint density at radius 3 is 2.11 bits per heavy atom. The van der Waals surface area contributed by atoms with Crippen LogP contribution in [0.5, 0.6) is 5.75 Å². The van der Waals surface area contributed by atoms with Gasteiger partial charge in [0.25, 0.3) is 0 Å². The number of ketones is 1. The lowest BCUT2D eigenvalue weighted by molar-refractivity contribution is -0.149. The Labute approximate surface area is 157 Å². The second-order valence-electron chi connectivity index (χ2n) is 6.42. The molecule has 0 amide bonds. The number of Topliss-reactive ketones (excluding diaryl/α,β-unsaturated/α-hetero) is 1. The van der Waals surface area contributed by atoms with Crippen molar-refractivity contribution in [2.24, 2.45) is 0 Å². The molecule has 0 radical (unpaired) electrons. The Hall–Kier alpha value is -3.40. The highest BCUT2D eigenvalue weighted by Crippen LogP contribution is 2.45. The molecule has 0 heterocycles. The van der Waals surface area contributed by atoms with E-state index < -0.39 is 12.1 Å². The Balaban J connectivity index is 1.49. The van der Waals surface area contributed by atoms with E-state index in [4.69, 9.17) is 9.47 Å². The second-order valence-corrected chi connectivity index (χ2v) is 6.42. The van der Waals surface area contributed by atoms with Crippen molar-refractivity contribution in [3.8, 4) is 16.9 Å². The Morgan fingerprint density at radius 2 is 1.48 bits per heavy atom. The number of carbonyl (C=O) groups excluding carboxylic acids is 2. The average molecular weight is 358 g/mol. The van der Waals surface area contributed by atoms with Crippen LogP contribution in [0, 0.1) is 0 Å². The Morgan fingerprint density at radius 1 is 0.852 bits per heavy atom. The van der Waals surface area contributed by atoms with Gasteiger partial charge in [0.2, 0.25) is 0 Å². The number of hydrogen-bond acceptors (Lipinski definition) is 4. The van der Waals surface area contributed by atoms with Crippen LogP contribution in [-0.4, -0.2) is 18.4 Å². The zero-order chi connectivity index (χ0) is 18.8. The van der Waals surface area contributed by atoms with Gasteiger partial charge in [0.05, 0.1) is 0 Å². The lowest BCUT2D eigenvalue weighted by Gasteiger charge is -2.15. The van der Waals surface area contributed by atoms with Crippen LogP contribution in [-0.2, 0) is 9.53 Å². The predicted octanol–water partition coefficient (Wildman–Crippen LogP) is 4.58. The van der Waals surface area contributed by atoms with E-state index in [-0.39, 0.29) is 12.4 Å². The topological polar surface area (TPSA) is 52.6 Å². The van der Waals surface area contributed by atoms with Gasteiger partial charge in [-0.3, -0.25) is 4.79 Å². The summed E-state index contributed by atoms with van der Waals surface area (Å²) in [6.07, 6.45) is -0.433. The number of benzene rings is 3. The number of carbonyl (C=O) groups is 2. The van der Waals surface area contributed by atoms with Crippen LogP contribution in [0.1, 0.15) is 34.5 Å². The van der Waals surface area contributed by atoms with E-state index in [1.165, 1.54) is 6.92 Å². The van der Waals surface area contributed by atoms with Crippen molar-refractivity contribution in [1.82, 2.24) is 0 Å².